The van der Waals surface area contributed by atoms with Crippen LogP contribution in [0.15, 0.2) is 0 Å². The fraction of sp³-hybridized carbons (Fsp3) is 1.00. The molecule has 0 aromatic heterocycles. The number of hydrogen-bond donors (Lipinski definition) is 1. The molecule has 2 nitrogen and oxygen atoms in total. The first kappa shape index (κ1) is 7.32. The van der Waals surface area contributed by atoms with Gasteiger partial charge in [0.1, 0.15) is 0 Å². The number of nitrogens with one attached hydrogen (secondary N) is 1. The molecule has 9 heavy (non-hydrogen) atoms. The van der Waals surface area contributed by atoms with E-state index in [2.05, 4.69) is 4.84 Å². The maximum atomic E-state index is 5.45. The van der Waals surface area contributed by atoms with Crippen molar-refractivity contribution in [1.29, 1.82) is 0 Å². The van der Waals surface area contributed by atoms with Crippen LogP contribution in [-0.2, 0) is 4.74 Å². The summed E-state index contributed by atoms with van der Waals surface area (Å²) in [6, 6.07) is 0.372. The lowest BCUT2D eigenvalue weighted by Gasteiger charge is -2.10. The third-order valence-corrected chi connectivity index (χ3v) is 1.96. The summed E-state index contributed by atoms with van der Waals surface area (Å²) >= 11 is 5.45. The molecule has 1 fully saturated rings. The minimum Gasteiger partial charge on any atom is -0.383 e. The maximum Gasteiger partial charge on any atom is 0.0631 e. The predicted molar refractivity (Wildman–Crippen MR) is 37.4 cm³/mol. The van der Waals surface area contributed by atoms with E-state index in [1.807, 2.05) is 0 Å². The molecule has 1 rings (SSSR count). The standard InChI is InChI=1S/C6H12ClNO/c1-9-4-6(8-7)5-2-3-5/h5-6,8H,2-4H2,1H3/t6-/m1/s1. The second kappa shape index (κ2) is 3.40. The molecule has 54 valence electrons. The molecule has 0 spiro atoms. The first-order valence-corrected chi connectivity index (χ1v) is 3.61. The first-order valence-electron chi connectivity index (χ1n) is 3.23. The van der Waals surface area contributed by atoms with Crippen molar-refractivity contribution in [3.63, 3.8) is 0 Å². The van der Waals surface area contributed by atoms with Crippen LogP contribution in [0, 0.1) is 5.92 Å². The Kier molecular flexibility index (Phi) is 2.76. The molecule has 0 aromatic rings. The van der Waals surface area contributed by atoms with Crippen LogP contribution >= 0.6 is 11.8 Å². The van der Waals surface area contributed by atoms with E-state index < -0.39 is 0 Å². The Bertz CT molecular complexity index is 85.1. The molecular weight excluding hydrogens is 138 g/mol. The van der Waals surface area contributed by atoms with Gasteiger partial charge in [-0.3, -0.25) is 0 Å². The third-order valence-electron chi connectivity index (χ3n) is 1.68. The second-order valence-electron chi connectivity index (χ2n) is 2.51. The van der Waals surface area contributed by atoms with Gasteiger partial charge in [-0.15, -0.1) is 0 Å². The Hall–Kier alpha value is 0.210. The molecule has 1 atom stereocenters. The van der Waals surface area contributed by atoms with E-state index in [0.717, 1.165) is 12.5 Å². The SMILES string of the molecule is COC[C@@H](NCl)C1CC1. The van der Waals surface area contributed by atoms with Gasteiger partial charge in [0.05, 0.1) is 6.61 Å². The van der Waals surface area contributed by atoms with Gasteiger partial charge >= 0.3 is 0 Å². The van der Waals surface area contributed by atoms with Crippen LogP contribution < -0.4 is 4.84 Å². The van der Waals surface area contributed by atoms with E-state index in [1.54, 1.807) is 7.11 Å². The smallest absolute Gasteiger partial charge is 0.0631 e. The van der Waals surface area contributed by atoms with Crippen LogP contribution in [0.5, 0.6) is 0 Å². The fourth-order valence-electron chi connectivity index (χ4n) is 0.935. The van der Waals surface area contributed by atoms with Crippen molar-refractivity contribution in [3.8, 4) is 0 Å². The van der Waals surface area contributed by atoms with Crippen LogP contribution in [-0.4, -0.2) is 19.8 Å². The van der Waals surface area contributed by atoms with E-state index >= 15 is 0 Å². The Morgan fingerprint density at radius 2 is 2.44 bits per heavy atom. The van der Waals surface area contributed by atoms with Crippen molar-refractivity contribution in [1.82, 2.24) is 4.84 Å². The highest BCUT2D eigenvalue weighted by atomic mass is 35.5. The summed E-state index contributed by atoms with van der Waals surface area (Å²) in [6.45, 7) is 0.730. The van der Waals surface area contributed by atoms with E-state index in [9.17, 15) is 0 Å². The van der Waals surface area contributed by atoms with Gasteiger partial charge in [-0.1, -0.05) is 0 Å². The Labute approximate surface area is 60.6 Å². The summed E-state index contributed by atoms with van der Waals surface area (Å²) in [5.74, 6) is 0.766. The van der Waals surface area contributed by atoms with Gasteiger partial charge in [0.15, 0.2) is 0 Å². The molecular formula is C6H12ClNO. The number of hydrogen-bond acceptors (Lipinski definition) is 2. The first-order chi connectivity index (χ1) is 4.38. The van der Waals surface area contributed by atoms with Crippen molar-refractivity contribution in [2.45, 2.75) is 18.9 Å². The normalized spacial score (nSPS) is 22.0. The van der Waals surface area contributed by atoms with Gasteiger partial charge in [0.25, 0.3) is 0 Å². The molecule has 3 heteroatoms. The van der Waals surface area contributed by atoms with Crippen LogP contribution in [0.25, 0.3) is 0 Å². The molecule has 0 amide bonds. The summed E-state index contributed by atoms with van der Waals surface area (Å²) in [5.41, 5.74) is 0. The van der Waals surface area contributed by atoms with Gasteiger partial charge in [-0.05, 0) is 30.5 Å². The quantitative estimate of drug-likeness (QED) is 0.606. The van der Waals surface area contributed by atoms with Crippen molar-refractivity contribution in [2.75, 3.05) is 13.7 Å². The lowest BCUT2D eigenvalue weighted by atomic mass is 10.2. The lowest BCUT2D eigenvalue weighted by molar-refractivity contribution is 0.167. The Balaban J connectivity index is 2.12. The van der Waals surface area contributed by atoms with Crippen molar-refractivity contribution in [2.24, 2.45) is 5.92 Å². The molecule has 0 heterocycles. The summed E-state index contributed by atoms with van der Waals surface area (Å²) in [5, 5.41) is 0. The molecule has 0 unspecified atom stereocenters. The number of ether oxygens (including phenoxy) is 1. The largest absolute Gasteiger partial charge is 0.383 e. The highest BCUT2D eigenvalue weighted by molar-refractivity contribution is 6.13. The van der Waals surface area contributed by atoms with Gasteiger partial charge < -0.3 is 4.74 Å². The van der Waals surface area contributed by atoms with Gasteiger partial charge in [0, 0.05) is 13.2 Å². The molecule has 0 radical (unpaired) electrons. The molecule has 1 aliphatic rings. The number of rotatable bonds is 4. The molecule has 0 aliphatic heterocycles. The molecule has 0 bridgehead atoms. The van der Waals surface area contributed by atoms with Crippen LogP contribution in [0.1, 0.15) is 12.8 Å². The average molecular weight is 150 g/mol. The van der Waals surface area contributed by atoms with Gasteiger partial charge in [-0.2, -0.15) is 0 Å². The van der Waals surface area contributed by atoms with Crippen LogP contribution in [0.2, 0.25) is 0 Å². The zero-order valence-electron chi connectivity index (χ0n) is 5.56. The van der Waals surface area contributed by atoms with E-state index in [1.165, 1.54) is 12.8 Å². The molecule has 1 saturated carbocycles. The zero-order chi connectivity index (χ0) is 6.69. The lowest BCUT2D eigenvalue weighted by Crippen LogP contribution is -2.28. The average Bonchev–Trinajstić information content (AvgIpc) is 2.64. The van der Waals surface area contributed by atoms with Gasteiger partial charge in [-0.25, -0.2) is 4.84 Å². The minimum absolute atomic E-state index is 0.372. The molecule has 1 aliphatic carbocycles. The number of methoxy groups -OCH3 is 1. The van der Waals surface area contributed by atoms with Crippen LogP contribution in [0.3, 0.4) is 0 Å². The van der Waals surface area contributed by atoms with E-state index in [0.29, 0.717) is 6.04 Å². The Morgan fingerprint density at radius 1 is 1.78 bits per heavy atom. The fourth-order valence-corrected chi connectivity index (χ4v) is 1.18. The molecule has 0 saturated heterocycles. The summed E-state index contributed by atoms with van der Waals surface area (Å²) in [4.78, 5) is 2.71. The minimum atomic E-state index is 0.372. The van der Waals surface area contributed by atoms with Crippen molar-refractivity contribution < 1.29 is 4.74 Å². The highest BCUT2D eigenvalue weighted by Gasteiger charge is 2.30. The summed E-state index contributed by atoms with van der Waals surface area (Å²) in [6.07, 6.45) is 2.60. The highest BCUT2D eigenvalue weighted by Crippen LogP contribution is 2.32. The van der Waals surface area contributed by atoms with Crippen molar-refractivity contribution >= 4 is 11.8 Å². The number of halogens is 1. The molecule has 1 N–H and O–H groups in total. The van der Waals surface area contributed by atoms with Gasteiger partial charge in [0.2, 0.25) is 0 Å². The maximum absolute atomic E-state index is 5.45. The van der Waals surface area contributed by atoms with Crippen LogP contribution in [0.4, 0.5) is 0 Å². The predicted octanol–water partition coefficient (Wildman–Crippen LogP) is 1.15. The second-order valence-corrected chi connectivity index (χ2v) is 2.73. The van der Waals surface area contributed by atoms with E-state index in [-0.39, 0.29) is 0 Å². The molecule has 0 aromatic carbocycles. The zero-order valence-corrected chi connectivity index (χ0v) is 6.32. The van der Waals surface area contributed by atoms with E-state index in [4.69, 9.17) is 16.5 Å². The summed E-state index contributed by atoms with van der Waals surface area (Å²) < 4.78 is 4.95. The summed E-state index contributed by atoms with van der Waals surface area (Å²) in [7, 11) is 1.70. The Morgan fingerprint density at radius 3 is 2.78 bits per heavy atom. The van der Waals surface area contributed by atoms with Crippen molar-refractivity contribution in [3.05, 3.63) is 0 Å². The topological polar surface area (TPSA) is 21.3 Å². The third kappa shape index (κ3) is 2.12. The monoisotopic (exact) mass is 149 g/mol.